The number of hydrogen-bond donors (Lipinski definition) is 3. The molecule has 0 unspecified atom stereocenters. The number of aromatic nitrogens is 2. The maximum absolute atomic E-state index is 10.4. The number of anilines is 1. The van der Waals surface area contributed by atoms with Crippen LogP contribution in [-0.2, 0) is 5.60 Å². The monoisotopic (exact) mass is 285 g/mol. The van der Waals surface area contributed by atoms with Gasteiger partial charge in [-0.05, 0) is 37.5 Å². The number of nitrogens with zero attached hydrogens (tertiary/aromatic N) is 1. The van der Waals surface area contributed by atoms with E-state index in [9.17, 15) is 5.11 Å². The van der Waals surface area contributed by atoms with Crippen molar-refractivity contribution >= 4 is 27.9 Å². The molecule has 1 saturated carbocycles. The second kappa shape index (κ2) is 4.07. The molecule has 5 heteroatoms. The molecule has 0 bridgehead atoms. The van der Waals surface area contributed by atoms with E-state index < -0.39 is 5.60 Å². The first-order chi connectivity index (χ1) is 9.66. The van der Waals surface area contributed by atoms with Crippen LogP contribution in [0, 0.1) is 0 Å². The van der Waals surface area contributed by atoms with Crippen molar-refractivity contribution < 1.29 is 5.11 Å². The van der Waals surface area contributed by atoms with E-state index >= 15 is 0 Å². The maximum atomic E-state index is 10.4. The molecule has 4 N–H and O–H groups in total. The molecular weight excluding hydrogens is 270 g/mol. The Labute approximate surface area is 120 Å². The molecule has 4 rings (SSSR count). The lowest BCUT2D eigenvalue weighted by atomic mass is 9.81. The molecule has 0 amide bonds. The van der Waals surface area contributed by atoms with Crippen LogP contribution in [0.3, 0.4) is 0 Å². The minimum absolute atomic E-state index is 0.694. The molecule has 1 aliphatic carbocycles. The van der Waals surface area contributed by atoms with Gasteiger partial charge in [0.1, 0.15) is 10.6 Å². The molecule has 2 heterocycles. The number of rotatable bonds is 2. The highest BCUT2D eigenvalue weighted by Crippen LogP contribution is 2.45. The average molecular weight is 285 g/mol. The van der Waals surface area contributed by atoms with E-state index in [4.69, 9.17) is 5.73 Å². The third kappa shape index (κ3) is 1.67. The SMILES string of the molecule is Nc1cc(-c2cnc(C3(O)CCC3)s2)c2cc[nH]c2c1. The van der Waals surface area contributed by atoms with Crippen LogP contribution in [-0.4, -0.2) is 15.1 Å². The summed E-state index contributed by atoms with van der Waals surface area (Å²) in [5, 5.41) is 12.3. The second-order valence-electron chi connectivity index (χ2n) is 5.42. The molecule has 0 atom stereocenters. The number of H-pyrrole nitrogens is 1. The summed E-state index contributed by atoms with van der Waals surface area (Å²) in [4.78, 5) is 8.66. The van der Waals surface area contributed by atoms with Crippen molar-refractivity contribution in [2.75, 3.05) is 5.73 Å². The summed E-state index contributed by atoms with van der Waals surface area (Å²) in [7, 11) is 0. The Bertz CT molecular complexity index is 785. The van der Waals surface area contributed by atoms with E-state index in [0.717, 1.165) is 51.3 Å². The molecule has 1 fully saturated rings. The highest BCUT2D eigenvalue weighted by Gasteiger charge is 2.39. The summed E-state index contributed by atoms with van der Waals surface area (Å²) >= 11 is 1.57. The Kier molecular flexibility index (Phi) is 2.43. The fourth-order valence-corrected chi connectivity index (χ4v) is 3.82. The predicted molar refractivity (Wildman–Crippen MR) is 81.6 cm³/mol. The summed E-state index contributed by atoms with van der Waals surface area (Å²) in [6.07, 6.45) is 6.46. The van der Waals surface area contributed by atoms with E-state index in [1.165, 1.54) is 0 Å². The van der Waals surface area contributed by atoms with Gasteiger partial charge in [0.05, 0.1) is 4.88 Å². The van der Waals surface area contributed by atoms with E-state index in [0.29, 0.717) is 0 Å². The quantitative estimate of drug-likeness (QED) is 0.633. The Morgan fingerprint density at radius 3 is 2.95 bits per heavy atom. The van der Waals surface area contributed by atoms with Crippen LogP contribution < -0.4 is 5.73 Å². The van der Waals surface area contributed by atoms with Crippen molar-refractivity contribution in [2.45, 2.75) is 24.9 Å². The minimum atomic E-state index is -0.694. The van der Waals surface area contributed by atoms with Gasteiger partial charge in [-0.1, -0.05) is 0 Å². The van der Waals surface area contributed by atoms with Gasteiger partial charge in [-0.3, -0.25) is 0 Å². The van der Waals surface area contributed by atoms with Crippen LogP contribution in [0.15, 0.2) is 30.6 Å². The Morgan fingerprint density at radius 1 is 1.35 bits per heavy atom. The van der Waals surface area contributed by atoms with Gasteiger partial charge in [-0.25, -0.2) is 4.98 Å². The number of nitrogens with two attached hydrogens (primary N) is 1. The number of nitrogens with one attached hydrogen (secondary N) is 1. The van der Waals surface area contributed by atoms with Crippen molar-refractivity contribution in [1.29, 1.82) is 0 Å². The van der Waals surface area contributed by atoms with Crippen LogP contribution in [0.5, 0.6) is 0 Å². The zero-order valence-corrected chi connectivity index (χ0v) is 11.7. The summed E-state index contributed by atoms with van der Waals surface area (Å²) < 4.78 is 0. The second-order valence-corrected chi connectivity index (χ2v) is 6.45. The number of nitrogen functional groups attached to an aromatic ring is 1. The number of aliphatic hydroxyl groups is 1. The maximum Gasteiger partial charge on any atom is 0.125 e. The fraction of sp³-hybridized carbons (Fsp3) is 0.267. The molecule has 1 aliphatic rings. The summed E-state index contributed by atoms with van der Waals surface area (Å²) in [5.74, 6) is 0. The van der Waals surface area contributed by atoms with E-state index in [2.05, 4.69) is 9.97 Å². The molecule has 4 nitrogen and oxygen atoms in total. The van der Waals surface area contributed by atoms with E-state index in [1.807, 2.05) is 30.6 Å². The number of fused-ring (bicyclic) bond motifs is 1. The zero-order chi connectivity index (χ0) is 13.7. The summed E-state index contributed by atoms with van der Waals surface area (Å²) in [5.41, 5.74) is 8.10. The van der Waals surface area contributed by atoms with Crippen LogP contribution >= 0.6 is 11.3 Å². The standard InChI is InChI=1S/C15H15N3OS/c16-9-6-11(10-2-5-17-12(10)7-9)13-8-18-14(20-13)15(19)3-1-4-15/h2,5-8,17,19H,1,3-4,16H2. The first-order valence-corrected chi connectivity index (χ1v) is 7.53. The smallest absolute Gasteiger partial charge is 0.125 e. The normalized spacial score (nSPS) is 17.2. The van der Waals surface area contributed by atoms with Gasteiger partial charge in [0.2, 0.25) is 0 Å². The number of benzene rings is 1. The lowest BCUT2D eigenvalue weighted by Gasteiger charge is -2.34. The Balaban J connectivity index is 1.85. The third-order valence-electron chi connectivity index (χ3n) is 4.04. The highest BCUT2D eigenvalue weighted by atomic mass is 32.1. The number of aromatic amines is 1. The van der Waals surface area contributed by atoms with Gasteiger partial charge in [0, 0.05) is 34.5 Å². The molecule has 0 spiro atoms. The Morgan fingerprint density at radius 2 is 2.20 bits per heavy atom. The Hall–Kier alpha value is -1.85. The predicted octanol–water partition coefficient (Wildman–Crippen LogP) is 3.25. The lowest BCUT2D eigenvalue weighted by Crippen LogP contribution is -2.33. The molecule has 102 valence electrons. The molecule has 0 saturated heterocycles. The van der Waals surface area contributed by atoms with Gasteiger partial charge in [0.25, 0.3) is 0 Å². The van der Waals surface area contributed by atoms with Gasteiger partial charge in [-0.15, -0.1) is 11.3 Å². The van der Waals surface area contributed by atoms with Crippen molar-refractivity contribution in [3.05, 3.63) is 35.6 Å². The third-order valence-corrected chi connectivity index (χ3v) is 5.27. The molecule has 2 aromatic heterocycles. The summed E-state index contributed by atoms with van der Waals surface area (Å²) in [6, 6.07) is 5.94. The molecular formula is C15H15N3OS. The van der Waals surface area contributed by atoms with E-state index in [-0.39, 0.29) is 0 Å². The van der Waals surface area contributed by atoms with Crippen LogP contribution in [0.2, 0.25) is 0 Å². The van der Waals surface area contributed by atoms with Crippen molar-refractivity contribution in [3.8, 4) is 10.4 Å². The van der Waals surface area contributed by atoms with Crippen molar-refractivity contribution in [2.24, 2.45) is 0 Å². The van der Waals surface area contributed by atoms with Crippen LogP contribution in [0.1, 0.15) is 24.3 Å². The first kappa shape index (κ1) is 11.9. The molecule has 0 aliphatic heterocycles. The van der Waals surface area contributed by atoms with Gasteiger partial charge >= 0.3 is 0 Å². The van der Waals surface area contributed by atoms with Gasteiger partial charge in [0.15, 0.2) is 0 Å². The van der Waals surface area contributed by atoms with Gasteiger partial charge in [-0.2, -0.15) is 0 Å². The van der Waals surface area contributed by atoms with Crippen molar-refractivity contribution in [1.82, 2.24) is 9.97 Å². The van der Waals surface area contributed by atoms with Crippen LogP contribution in [0.25, 0.3) is 21.3 Å². The largest absolute Gasteiger partial charge is 0.399 e. The molecule has 0 radical (unpaired) electrons. The minimum Gasteiger partial charge on any atom is -0.399 e. The lowest BCUT2D eigenvalue weighted by molar-refractivity contribution is -0.0389. The van der Waals surface area contributed by atoms with Gasteiger partial charge < -0.3 is 15.8 Å². The summed E-state index contributed by atoms with van der Waals surface area (Å²) in [6.45, 7) is 0. The zero-order valence-electron chi connectivity index (χ0n) is 10.9. The number of thiazole rings is 1. The topological polar surface area (TPSA) is 74.9 Å². The first-order valence-electron chi connectivity index (χ1n) is 6.71. The van der Waals surface area contributed by atoms with Crippen molar-refractivity contribution in [3.63, 3.8) is 0 Å². The number of hydrogen-bond acceptors (Lipinski definition) is 4. The van der Waals surface area contributed by atoms with E-state index in [1.54, 1.807) is 11.3 Å². The highest BCUT2D eigenvalue weighted by molar-refractivity contribution is 7.15. The fourth-order valence-electron chi connectivity index (χ4n) is 2.73. The molecule has 1 aromatic carbocycles. The molecule has 3 aromatic rings. The molecule has 20 heavy (non-hydrogen) atoms. The van der Waals surface area contributed by atoms with Crippen LogP contribution in [0.4, 0.5) is 5.69 Å². The average Bonchev–Trinajstić information content (AvgIpc) is 3.03.